The van der Waals surface area contributed by atoms with Crippen LogP contribution in [0.3, 0.4) is 0 Å². The van der Waals surface area contributed by atoms with Crippen molar-refractivity contribution >= 4 is 11.5 Å². The number of carbonyl (C=O) groups excluding carboxylic acids is 1. The Morgan fingerprint density at radius 1 is 0.958 bits per heavy atom. The van der Waals surface area contributed by atoms with E-state index in [-0.39, 0.29) is 22.2 Å². The van der Waals surface area contributed by atoms with Crippen molar-refractivity contribution in [3.8, 4) is 0 Å². The second kappa shape index (κ2) is 5.27. The average Bonchev–Trinajstić information content (AvgIpc) is 3.15. The molecule has 0 aromatic heterocycles. The van der Waals surface area contributed by atoms with Gasteiger partial charge in [-0.1, -0.05) is 55.3 Å². The maximum atomic E-state index is 11.7. The molecule has 0 saturated heterocycles. The van der Waals surface area contributed by atoms with Crippen LogP contribution in [0.5, 0.6) is 0 Å². The van der Waals surface area contributed by atoms with Crippen molar-refractivity contribution in [3.63, 3.8) is 0 Å². The molecule has 0 unspecified atom stereocenters. The van der Waals surface area contributed by atoms with Crippen LogP contribution in [-0.2, 0) is 10.2 Å². The average molecular weight is 319 g/mol. The Morgan fingerprint density at radius 3 is 2.21 bits per heavy atom. The number of hydrogen-bond donors (Lipinski definition) is 0. The number of hydrogen-bond acceptors (Lipinski definition) is 2. The van der Waals surface area contributed by atoms with Crippen LogP contribution in [0.4, 0.5) is 0 Å². The van der Waals surface area contributed by atoms with Gasteiger partial charge in [0.2, 0.25) is 0 Å². The molecule has 1 aromatic rings. The summed E-state index contributed by atoms with van der Waals surface area (Å²) in [6, 6.07) is 10.9. The third kappa shape index (κ3) is 2.31. The third-order valence-electron chi connectivity index (χ3n) is 5.91. The molecule has 124 valence electrons. The minimum absolute atomic E-state index is 0.0180. The second-order valence-corrected chi connectivity index (χ2v) is 8.21. The fraction of sp³-hybridized carbons (Fsp3) is 0.455. The van der Waals surface area contributed by atoms with Gasteiger partial charge in [0.15, 0.2) is 5.78 Å². The van der Waals surface area contributed by atoms with Crippen LogP contribution >= 0.6 is 0 Å². The molecule has 24 heavy (non-hydrogen) atoms. The highest BCUT2D eigenvalue weighted by Gasteiger charge is 2.54. The van der Waals surface area contributed by atoms with E-state index < -0.39 is 0 Å². The summed E-state index contributed by atoms with van der Waals surface area (Å²) in [6.45, 7) is 4.43. The lowest BCUT2D eigenvalue weighted by Crippen LogP contribution is -2.42. The monoisotopic (exact) mass is 319 g/mol. The van der Waals surface area contributed by atoms with Gasteiger partial charge in [-0.2, -0.15) is 0 Å². The van der Waals surface area contributed by atoms with E-state index in [4.69, 9.17) is 4.99 Å². The summed E-state index contributed by atoms with van der Waals surface area (Å²) in [7, 11) is 0. The number of nitrogens with zero attached hydrogens (tertiary/aromatic N) is 1. The van der Waals surface area contributed by atoms with Gasteiger partial charge in [0.05, 0.1) is 5.54 Å². The van der Waals surface area contributed by atoms with Crippen LogP contribution in [0.2, 0.25) is 0 Å². The Labute approximate surface area is 144 Å². The van der Waals surface area contributed by atoms with Crippen molar-refractivity contribution in [2.75, 3.05) is 0 Å². The minimum atomic E-state index is -0.197. The van der Waals surface area contributed by atoms with Crippen molar-refractivity contribution in [3.05, 3.63) is 60.2 Å². The van der Waals surface area contributed by atoms with Crippen LogP contribution in [0, 0.1) is 5.41 Å². The number of rotatable bonds is 2. The SMILES string of the molecule is CC1(C)CC2(C=CC(=O)C=C2)C(C2(c3ccccc3)CCCC2)=N1. The van der Waals surface area contributed by atoms with Crippen LogP contribution in [0.25, 0.3) is 0 Å². The van der Waals surface area contributed by atoms with E-state index in [1.165, 1.54) is 24.1 Å². The van der Waals surface area contributed by atoms with Crippen LogP contribution in [-0.4, -0.2) is 17.0 Å². The van der Waals surface area contributed by atoms with Crippen LogP contribution < -0.4 is 0 Å². The molecule has 2 nitrogen and oxygen atoms in total. The van der Waals surface area contributed by atoms with E-state index in [2.05, 4.69) is 56.3 Å². The van der Waals surface area contributed by atoms with Gasteiger partial charge in [-0.25, -0.2) is 0 Å². The fourth-order valence-electron chi connectivity index (χ4n) is 5.04. The summed E-state index contributed by atoms with van der Waals surface area (Å²) in [5.41, 5.74) is 2.40. The normalized spacial score (nSPS) is 26.1. The largest absolute Gasteiger partial charge is 0.290 e. The summed E-state index contributed by atoms with van der Waals surface area (Å²) in [6.07, 6.45) is 13.5. The molecule has 4 rings (SSSR count). The molecule has 0 radical (unpaired) electrons. The smallest absolute Gasteiger partial charge is 0.178 e. The zero-order valence-electron chi connectivity index (χ0n) is 14.6. The van der Waals surface area contributed by atoms with Gasteiger partial charge in [0, 0.05) is 16.5 Å². The zero-order chi connectivity index (χ0) is 16.8. The van der Waals surface area contributed by atoms with Gasteiger partial charge in [-0.3, -0.25) is 9.79 Å². The molecule has 0 atom stereocenters. The standard InChI is InChI=1S/C22H25NO/c1-20(2)16-21(14-10-18(24)11-15-21)19(23-20)22(12-6-7-13-22)17-8-4-3-5-9-17/h3-5,8-11,14-15H,6-7,12-13,16H2,1-2H3. The van der Waals surface area contributed by atoms with Gasteiger partial charge in [0.1, 0.15) is 0 Å². The van der Waals surface area contributed by atoms with Crippen molar-refractivity contribution in [2.24, 2.45) is 10.4 Å². The van der Waals surface area contributed by atoms with Gasteiger partial charge in [-0.15, -0.1) is 0 Å². The van der Waals surface area contributed by atoms with Crippen molar-refractivity contribution in [2.45, 2.75) is 56.9 Å². The molecule has 0 N–H and O–H groups in total. The highest BCUT2D eigenvalue weighted by Crippen LogP contribution is 2.54. The Bertz CT molecular complexity index is 729. The maximum absolute atomic E-state index is 11.7. The van der Waals surface area contributed by atoms with Gasteiger partial charge in [-0.05, 0) is 50.8 Å². The van der Waals surface area contributed by atoms with Crippen molar-refractivity contribution < 1.29 is 4.79 Å². The lowest BCUT2D eigenvalue weighted by molar-refractivity contribution is -0.110. The van der Waals surface area contributed by atoms with E-state index in [0.717, 1.165) is 19.3 Å². The molecule has 1 heterocycles. The van der Waals surface area contributed by atoms with Crippen molar-refractivity contribution in [1.82, 2.24) is 0 Å². The van der Waals surface area contributed by atoms with Crippen molar-refractivity contribution in [1.29, 1.82) is 0 Å². The molecule has 1 fully saturated rings. The van der Waals surface area contributed by atoms with E-state index in [0.29, 0.717) is 0 Å². The summed E-state index contributed by atoms with van der Waals surface area (Å²) in [4.78, 5) is 17.0. The highest BCUT2D eigenvalue weighted by atomic mass is 16.1. The Morgan fingerprint density at radius 2 is 1.58 bits per heavy atom. The highest BCUT2D eigenvalue weighted by molar-refractivity contribution is 6.09. The lowest BCUT2D eigenvalue weighted by atomic mass is 9.63. The molecule has 1 spiro atoms. The molecule has 2 heteroatoms. The first-order chi connectivity index (χ1) is 11.5. The van der Waals surface area contributed by atoms with E-state index >= 15 is 0 Å². The number of benzene rings is 1. The van der Waals surface area contributed by atoms with E-state index in [1.54, 1.807) is 12.2 Å². The summed E-state index contributed by atoms with van der Waals surface area (Å²) in [5, 5.41) is 0. The third-order valence-corrected chi connectivity index (χ3v) is 5.91. The van der Waals surface area contributed by atoms with Gasteiger partial charge >= 0.3 is 0 Å². The molecule has 3 aliphatic rings. The first-order valence-electron chi connectivity index (χ1n) is 9.05. The first-order valence-corrected chi connectivity index (χ1v) is 9.05. The maximum Gasteiger partial charge on any atom is 0.178 e. The predicted molar refractivity (Wildman–Crippen MR) is 98.4 cm³/mol. The Balaban J connectivity index is 1.89. The number of carbonyl (C=O) groups is 1. The second-order valence-electron chi connectivity index (χ2n) is 8.21. The quantitative estimate of drug-likeness (QED) is 0.769. The number of aliphatic imine (C=N–C) groups is 1. The predicted octanol–water partition coefficient (Wildman–Crippen LogP) is 4.80. The van der Waals surface area contributed by atoms with Crippen LogP contribution in [0.1, 0.15) is 51.5 Å². The Hall–Kier alpha value is -1.96. The molecule has 0 bridgehead atoms. The summed E-state index contributed by atoms with van der Waals surface area (Å²) >= 11 is 0. The molecule has 0 amide bonds. The minimum Gasteiger partial charge on any atom is -0.290 e. The van der Waals surface area contributed by atoms with E-state index in [1.807, 2.05) is 0 Å². The first kappa shape index (κ1) is 15.6. The number of ketones is 1. The molecule has 2 aliphatic carbocycles. The molecular weight excluding hydrogens is 294 g/mol. The van der Waals surface area contributed by atoms with Gasteiger partial charge < -0.3 is 0 Å². The molecule has 1 saturated carbocycles. The summed E-state index contributed by atoms with van der Waals surface area (Å²) in [5.74, 6) is 0.0878. The topological polar surface area (TPSA) is 29.4 Å². The molecule has 1 aliphatic heterocycles. The van der Waals surface area contributed by atoms with Gasteiger partial charge in [0.25, 0.3) is 0 Å². The van der Waals surface area contributed by atoms with Crippen LogP contribution in [0.15, 0.2) is 59.6 Å². The fourth-order valence-corrected chi connectivity index (χ4v) is 5.04. The molecular formula is C22H25NO. The van der Waals surface area contributed by atoms with E-state index in [9.17, 15) is 4.79 Å². The lowest BCUT2D eigenvalue weighted by Gasteiger charge is -2.39. The summed E-state index contributed by atoms with van der Waals surface area (Å²) < 4.78 is 0. The number of allylic oxidation sites excluding steroid dienone is 4. The Kier molecular flexibility index (Phi) is 3.42. The zero-order valence-corrected chi connectivity index (χ0v) is 14.6. The molecule has 1 aromatic carbocycles.